The number of hydrogen-bond donors (Lipinski definition) is 2. The fraction of sp³-hybridized carbons (Fsp3) is 0.308. The third kappa shape index (κ3) is 3.51. The fourth-order valence-corrected chi connectivity index (χ4v) is 2.40. The van der Waals surface area contributed by atoms with Gasteiger partial charge in [-0.3, -0.25) is 9.78 Å². The molecule has 3 N–H and O–H groups in total. The van der Waals surface area contributed by atoms with E-state index < -0.39 is 5.54 Å². The number of anilines is 1. The van der Waals surface area contributed by atoms with Crippen molar-refractivity contribution < 1.29 is 4.79 Å². The number of rotatable bonds is 4. The van der Waals surface area contributed by atoms with E-state index in [1.54, 1.807) is 24.5 Å². The highest BCUT2D eigenvalue weighted by molar-refractivity contribution is 7.09. The van der Waals surface area contributed by atoms with Crippen LogP contribution in [0.15, 0.2) is 29.9 Å². The first-order chi connectivity index (χ1) is 8.97. The molecule has 2 aromatic rings. The molecule has 1 amide bonds. The van der Waals surface area contributed by atoms with Crippen molar-refractivity contribution in [1.82, 2.24) is 15.3 Å². The first-order valence-electron chi connectivity index (χ1n) is 5.89. The maximum atomic E-state index is 12.0. The van der Waals surface area contributed by atoms with Crippen molar-refractivity contribution in [2.24, 2.45) is 0 Å². The fourth-order valence-electron chi connectivity index (χ4n) is 1.68. The number of nitrogens with one attached hydrogen (secondary N) is 1. The summed E-state index contributed by atoms with van der Waals surface area (Å²) in [5.41, 5.74) is 6.37. The van der Waals surface area contributed by atoms with Gasteiger partial charge in [-0.2, -0.15) is 0 Å². The van der Waals surface area contributed by atoms with Gasteiger partial charge in [0.2, 0.25) is 5.91 Å². The number of thiazole rings is 1. The molecule has 0 aromatic carbocycles. The lowest BCUT2D eigenvalue weighted by Crippen LogP contribution is -2.41. The standard InChI is InChI=1S/C13H16N4OS/c1-13(2,12-15-5-6-19-12)17-11(18)7-10-4-3-9(14)8-16-10/h3-6,8H,7,14H2,1-2H3,(H,17,18). The molecular formula is C13H16N4OS. The Labute approximate surface area is 115 Å². The van der Waals surface area contributed by atoms with Crippen LogP contribution in [0.3, 0.4) is 0 Å². The molecule has 6 heteroatoms. The van der Waals surface area contributed by atoms with E-state index in [0.717, 1.165) is 5.01 Å². The predicted molar refractivity (Wildman–Crippen MR) is 75.6 cm³/mol. The van der Waals surface area contributed by atoms with Crippen LogP contribution in [0.2, 0.25) is 0 Å². The zero-order chi connectivity index (χ0) is 13.9. The number of pyridine rings is 1. The highest BCUT2D eigenvalue weighted by atomic mass is 32.1. The van der Waals surface area contributed by atoms with Crippen LogP contribution < -0.4 is 11.1 Å². The zero-order valence-electron chi connectivity index (χ0n) is 10.9. The highest BCUT2D eigenvalue weighted by Gasteiger charge is 2.25. The Kier molecular flexibility index (Phi) is 3.80. The number of nitrogens with two attached hydrogens (primary N) is 1. The number of nitrogens with zero attached hydrogens (tertiary/aromatic N) is 2. The van der Waals surface area contributed by atoms with E-state index in [4.69, 9.17) is 5.73 Å². The second-order valence-corrected chi connectivity index (χ2v) is 5.66. The van der Waals surface area contributed by atoms with E-state index in [0.29, 0.717) is 11.4 Å². The number of carbonyl (C=O) groups excluding carboxylic acids is 1. The van der Waals surface area contributed by atoms with Gasteiger partial charge in [0, 0.05) is 17.3 Å². The largest absolute Gasteiger partial charge is 0.397 e. The van der Waals surface area contributed by atoms with Crippen LogP contribution in [0.4, 0.5) is 5.69 Å². The summed E-state index contributed by atoms with van der Waals surface area (Å²) in [6.07, 6.45) is 3.51. The quantitative estimate of drug-likeness (QED) is 0.891. The van der Waals surface area contributed by atoms with Gasteiger partial charge in [0.1, 0.15) is 5.01 Å². The van der Waals surface area contributed by atoms with Gasteiger partial charge in [0.15, 0.2) is 0 Å². The Morgan fingerprint density at radius 1 is 1.42 bits per heavy atom. The molecule has 100 valence electrons. The Morgan fingerprint density at radius 3 is 2.79 bits per heavy atom. The average Bonchev–Trinajstić information content (AvgIpc) is 2.85. The van der Waals surface area contributed by atoms with E-state index in [-0.39, 0.29) is 12.3 Å². The van der Waals surface area contributed by atoms with Crippen molar-refractivity contribution in [3.63, 3.8) is 0 Å². The maximum absolute atomic E-state index is 12.0. The second-order valence-electron chi connectivity index (χ2n) is 4.77. The lowest BCUT2D eigenvalue weighted by Gasteiger charge is -2.23. The van der Waals surface area contributed by atoms with Crippen LogP contribution in [0.1, 0.15) is 24.5 Å². The summed E-state index contributed by atoms with van der Waals surface area (Å²) in [4.78, 5) is 20.3. The van der Waals surface area contributed by atoms with Gasteiger partial charge in [0.05, 0.1) is 23.8 Å². The molecule has 0 aliphatic heterocycles. The average molecular weight is 276 g/mol. The van der Waals surface area contributed by atoms with Crippen molar-refractivity contribution in [2.75, 3.05) is 5.73 Å². The first kappa shape index (κ1) is 13.5. The molecule has 0 radical (unpaired) electrons. The molecule has 0 aliphatic carbocycles. The van der Waals surface area contributed by atoms with Crippen LogP contribution in [-0.4, -0.2) is 15.9 Å². The van der Waals surface area contributed by atoms with Crippen molar-refractivity contribution >= 4 is 22.9 Å². The highest BCUT2D eigenvalue weighted by Crippen LogP contribution is 2.21. The third-order valence-electron chi connectivity index (χ3n) is 2.61. The molecule has 0 saturated heterocycles. The van der Waals surface area contributed by atoms with Gasteiger partial charge in [-0.1, -0.05) is 0 Å². The van der Waals surface area contributed by atoms with Crippen LogP contribution in [0, 0.1) is 0 Å². The number of carbonyl (C=O) groups is 1. The first-order valence-corrected chi connectivity index (χ1v) is 6.77. The Hall–Kier alpha value is -1.95. The molecule has 2 rings (SSSR count). The minimum atomic E-state index is -0.473. The summed E-state index contributed by atoms with van der Waals surface area (Å²) in [5.74, 6) is -0.0857. The minimum absolute atomic E-state index is 0.0857. The lowest BCUT2D eigenvalue weighted by molar-refractivity contribution is -0.122. The van der Waals surface area contributed by atoms with Gasteiger partial charge in [-0.25, -0.2) is 4.98 Å². The van der Waals surface area contributed by atoms with E-state index in [9.17, 15) is 4.79 Å². The molecule has 0 fully saturated rings. The summed E-state index contributed by atoms with van der Waals surface area (Å²) >= 11 is 1.52. The molecule has 2 heterocycles. The van der Waals surface area contributed by atoms with Crippen LogP contribution in [0.25, 0.3) is 0 Å². The summed E-state index contributed by atoms with van der Waals surface area (Å²) in [6, 6.07) is 3.49. The Morgan fingerprint density at radius 2 is 2.21 bits per heavy atom. The van der Waals surface area contributed by atoms with Crippen molar-refractivity contribution in [2.45, 2.75) is 25.8 Å². The molecule has 19 heavy (non-hydrogen) atoms. The molecule has 0 saturated carbocycles. The molecule has 0 aliphatic rings. The number of nitrogen functional groups attached to an aromatic ring is 1. The van der Waals surface area contributed by atoms with E-state index in [1.165, 1.54) is 11.3 Å². The maximum Gasteiger partial charge on any atom is 0.226 e. The smallest absolute Gasteiger partial charge is 0.226 e. The van der Waals surface area contributed by atoms with Gasteiger partial charge in [-0.05, 0) is 26.0 Å². The third-order valence-corrected chi connectivity index (χ3v) is 3.70. The van der Waals surface area contributed by atoms with E-state index in [2.05, 4.69) is 15.3 Å². The van der Waals surface area contributed by atoms with Gasteiger partial charge < -0.3 is 11.1 Å². The molecule has 2 aromatic heterocycles. The summed E-state index contributed by atoms with van der Waals surface area (Å²) in [5, 5.41) is 5.73. The Balaban J connectivity index is 2.00. The predicted octanol–water partition coefficient (Wildman–Crippen LogP) is 1.71. The van der Waals surface area contributed by atoms with Crippen molar-refractivity contribution in [3.8, 4) is 0 Å². The monoisotopic (exact) mass is 276 g/mol. The number of hydrogen-bond acceptors (Lipinski definition) is 5. The van der Waals surface area contributed by atoms with Gasteiger partial charge >= 0.3 is 0 Å². The van der Waals surface area contributed by atoms with E-state index >= 15 is 0 Å². The second kappa shape index (κ2) is 5.36. The van der Waals surface area contributed by atoms with Gasteiger partial charge in [-0.15, -0.1) is 11.3 Å². The molecule has 0 bridgehead atoms. The molecular weight excluding hydrogens is 260 g/mol. The summed E-state index contributed by atoms with van der Waals surface area (Å²) < 4.78 is 0. The normalized spacial score (nSPS) is 11.3. The topological polar surface area (TPSA) is 80.9 Å². The van der Waals surface area contributed by atoms with E-state index in [1.807, 2.05) is 19.2 Å². The van der Waals surface area contributed by atoms with Crippen molar-refractivity contribution in [1.29, 1.82) is 0 Å². The van der Waals surface area contributed by atoms with Gasteiger partial charge in [0.25, 0.3) is 0 Å². The minimum Gasteiger partial charge on any atom is -0.397 e. The molecule has 0 atom stereocenters. The SMILES string of the molecule is CC(C)(NC(=O)Cc1ccc(N)cn1)c1nccs1. The molecule has 0 unspecified atom stereocenters. The van der Waals surface area contributed by atoms with Crippen LogP contribution in [0.5, 0.6) is 0 Å². The molecule has 0 spiro atoms. The number of amides is 1. The Bertz CT molecular complexity index is 549. The number of aromatic nitrogens is 2. The zero-order valence-corrected chi connectivity index (χ0v) is 11.7. The lowest BCUT2D eigenvalue weighted by atomic mass is 10.1. The van der Waals surface area contributed by atoms with Crippen LogP contribution >= 0.6 is 11.3 Å². The summed E-state index contributed by atoms with van der Waals surface area (Å²) in [6.45, 7) is 3.86. The van der Waals surface area contributed by atoms with Crippen molar-refractivity contribution in [3.05, 3.63) is 40.6 Å². The van der Waals surface area contributed by atoms with Crippen LogP contribution in [-0.2, 0) is 16.8 Å². The molecule has 5 nitrogen and oxygen atoms in total. The summed E-state index contributed by atoms with van der Waals surface area (Å²) in [7, 11) is 0.